The summed E-state index contributed by atoms with van der Waals surface area (Å²) in [7, 11) is 0. The van der Waals surface area contributed by atoms with E-state index in [2.05, 4.69) is 65.3 Å². The second-order valence-corrected chi connectivity index (χ2v) is 8.91. The molecule has 0 aliphatic carbocycles. The van der Waals surface area contributed by atoms with E-state index >= 15 is 0 Å². The summed E-state index contributed by atoms with van der Waals surface area (Å²) in [6.45, 7) is 10.6. The maximum Gasteiger partial charge on any atom is 0.321 e. The predicted octanol–water partition coefficient (Wildman–Crippen LogP) is 4.28. The van der Waals surface area contributed by atoms with Crippen molar-refractivity contribution in [3.63, 3.8) is 0 Å². The first kappa shape index (κ1) is 20.6. The van der Waals surface area contributed by atoms with Crippen LogP contribution in [0.15, 0.2) is 60.7 Å². The molecular weight excluding hydrogens is 348 g/mol. The van der Waals surface area contributed by atoms with Crippen molar-refractivity contribution < 1.29 is 9.90 Å². The van der Waals surface area contributed by atoms with Crippen molar-refractivity contribution >= 4 is 5.97 Å². The molecule has 0 spiro atoms. The average Bonchev–Trinajstić information content (AvgIpc) is 2.64. The zero-order chi connectivity index (χ0) is 20.3. The monoisotopic (exact) mass is 380 g/mol. The van der Waals surface area contributed by atoms with Gasteiger partial charge in [-0.15, -0.1) is 0 Å². The standard InChI is InChI=1S/C24H32N2O2/c1-18-17-25(15-16-26(18)22(23(27)28)24(2,3)4)21(19-11-7-5-8-12-19)20-13-9-6-10-14-20/h5-14,18,21-22H,15-17H2,1-4H3,(H,27,28)/t18?,22-/m1/s1. The van der Waals surface area contributed by atoms with Gasteiger partial charge < -0.3 is 5.11 Å². The van der Waals surface area contributed by atoms with Crippen LogP contribution in [0.5, 0.6) is 0 Å². The Hall–Kier alpha value is -2.17. The number of benzene rings is 2. The number of nitrogens with zero attached hydrogens (tertiary/aromatic N) is 2. The Morgan fingerprint density at radius 1 is 0.964 bits per heavy atom. The third-order valence-electron chi connectivity index (χ3n) is 5.69. The zero-order valence-electron chi connectivity index (χ0n) is 17.4. The van der Waals surface area contributed by atoms with Gasteiger partial charge in [0.2, 0.25) is 0 Å². The van der Waals surface area contributed by atoms with E-state index in [4.69, 9.17) is 0 Å². The second-order valence-electron chi connectivity index (χ2n) is 8.91. The third kappa shape index (κ3) is 4.45. The van der Waals surface area contributed by atoms with Crippen LogP contribution in [0.4, 0.5) is 0 Å². The Morgan fingerprint density at radius 2 is 1.46 bits per heavy atom. The van der Waals surface area contributed by atoms with E-state index in [1.165, 1.54) is 11.1 Å². The quantitative estimate of drug-likeness (QED) is 0.841. The van der Waals surface area contributed by atoms with Crippen LogP contribution >= 0.6 is 0 Å². The van der Waals surface area contributed by atoms with Crippen LogP contribution in [-0.2, 0) is 4.79 Å². The van der Waals surface area contributed by atoms with Crippen molar-refractivity contribution in [3.8, 4) is 0 Å². The minimum Gasteiger partial charge on any atom is -0.480 e. The second kappa shape index (κ2) is 8.46. The van der Waals surface area contributed by atoms with Crippen LogP contribution < -0.4 is 0 Å². The number of carboxylic acids is 1. The normalized spacial score (nSPS) is 20.2. The SMILES string of the molecule is CC1CN(C(c2ccccc2)c2ccccc2)CCN1[C@H](C(=O)O)C(C)(C)C. The third-order valence-corrected chi connectivity index (χ3v) is 5.69. The minimum atomic E-state index is -0.726. The van der Waals surface area contributed by atoms with Gasteiger partial charge in [-0.3, -0.25) is 14.6 Å². The molecular formula is C24H32N2O2. The highest BCUT2D eigenvalue weighted by molar-refractivity contribution is 5.74. The van der Waals surface area contributed by atoms with E-state index in [1.807, 2.05) is 32.9 Å². The fourth-order valence-electron chi connectivity index (χ4n) is 4.51. The van der Waals surface area contributed by atoms with Crippen molar-refractivity contribution in [1.82, 2.24) is 9.80 Å². The molecule has 0 bridgehead atoms. The molecule has 1 aliphatic rings. The molecule has 1 unspecified atom stereocenters. The number of piperazine rings is 1. The van der Waals surface area contributed by atoms with Crippen LogP contribution in [0.1, 0.15) is 44.9 Å². The van der Waals surface area contributed by atoms with E-state index in [0.717, 1.165) is 19.6 Å². The highest BCUT2D eigenvalue weighted by atomic mass is 16.4. The smallest absolute Gasteiger partial charge is 0.321 e. The lowest BCUT2D eigenvalue weighted by atomic mass is 9.84. The molecule has 28 heavy (non-hydrogen) atoms. The van der Waals surface area contributed by atoms with E-state index < -0.39 is 12.0 Å². The molecule has 1 aliphatic heterocycles. The molecule has 0 amide bonds. The van der Waals surface area contributed by atoms with Crippen LogP contribution in [0.2, 0.25) is 0 Å². The molecule has 1 heterocycles. The molecule has 1 N–H and O–H groups in total. The van der Waals surface area contributed by atoms with Gasteiger partial charge in [-0.25, -0.2) is 0 Å². The molecule has 2 aromatic carbocycles. The first-order valence-electron chi connectivity index (χ1n) is 10.1. The van der Waals surface area contributed by atoms with Crippen molar-refractivity contribution in [2.24, 2.45) is 5.41 Å². The Morgan fingerprint density at radius 3 is 1.86 bits per heavy atom. The summed E-state index contributed by atoms with van der Waals surface area (Å²) < 4.78 is 0. The van der Waals surface area contributed by atoms with Gasteiger partial charge in [0.05, 0.1) is 6.04 Å². The lowest BCUT2D eigenvalue weighted by Crippen LogP contribution is -2.61. The molecule has 0 radical (unpaired) electrons. The minimum absolute atomic E-state index is 0.170. The molecule has 1 saturated heterocycles. The molecule has 1 fully saturated rings. The Labute approximate surface area is 168 Å². The van der Waals surface area contributed by atoms with Crippen molar-refractivity contribution in [2.75, 3.05) is 19.6 Å². The highest BCUT2D eigenvalue weighted by Crippen LogP contribution is 2.33. The van der Waals surface area contributed by atoms with E-state index in [0.29, 0.717) is 0 Å². The summed E-state index contributed by atoms with van der Waals surface area (Å²) >= 11 is 0. The Balaban J connectivity index is 1.87. The Bertz CT molecular complexity index is 731. The molecule has 4 heteroatoms. The Kier molecular flexibility index (Phi) is 6.21. The van der Waals surface area contributed by atoms with Crippen LogP contribution in [-0.4, -0.2) is 52.6 Å². The number of rotatable bonds is 5. The lowest BCUT2D eigenvalue weighted by Gasteiger charge is -2.48. The highest BCUT2D eigenvalue weighted by Gasteiger charge is 2.41. The van der Waals surface area contributed by atoms with E-state index in [9.17, 15) is 9.90 Å². The zero-order valence-corrected chi connectivity index (χ0v) is 17.4. The average molecular weight is 381 g/mol. The summed E-state index contributed by atoms with van der Waals surface area (Å²) in [6.07, 6.45) is 0. The maximum atomic E-state index is 12.0. The van der Waals surface area contributed by atoms with Gasteiger partial charge in [0.15, 0.2) is 0 Å². The molecule has 2 aromatic rings. The summed E-state index contributed by atoms with van der Waals surface area (Å²) in [4.78, 5) is 16.7. The summed E-state index contributed by atoms with van der Waals surface area (Å²) in [5, 5.41) is 9.85. The maximum absolute atomic E-state index is 12.0. The van der Waals surface area contributed by atoms with Crippen molar-refractivity contribution in [2.45, 2.75) is 45.8 Å². The molecule has 3 rings (SSSR count). The molecule has 4 nitrogen and oxygen atoms in total. The summed E-state index contributed by atoms with van der Waals surface area (Å²) in [6, 6.07) is 21.1. The van der Waals surface area contributed by atoms with Gasteiger partial charge in [-0.05, 0) is 23.5 Å². The van der Waals surface area contributed by atoms with Crippen LogP contribution in [0.3, 0.4) is 0 Å². The van der Waals surface area contributed by atoms with Crippen LogP contribution in [0.25, 0.3) is 0 Å². The van der Waals surface area contributed by atoms with E-state index in [1.54, 1.807) is 0 Å². The van der Waals surface area contributed by atoms with Crippen molar-refractivity contribution in [3.05, 3.63) is 71.8 Å². The largest absolute Gasteiger partial charge is 0.480 e. The van der Waals surface area contributed by atoms with Gasteiger partial charge in [0.25, 0.3) is 0 Å². The number of aliphatic carboxylic acids is 1. The predicted molar refractivity (Wildman–Crippen MR) is 113 cm³/mol. The first-order chi connectivity index (χ1) is 13.3. The van der Waals surface area contributed by atoms with Crippen molar-refractivity contribution in [1.29, 1.82) is 0 Å². The van der Waals surface area contributed by atoms with Crippen LogP contribution in [0, 0.1) is 5.41 Å². The first-order valence-corrected chi connectivity index (χ1v) is 10.1. The number of carbonyl (C=O) groups is 1. The van der Waals surface area contributed by atoms with Gasteiger partial charge in [0.1, 0.15) is 6.04 Å². The number of carboxylic acid groups (broad SMARTS) is 1. The van der Waals surface area contributed by atoms with E-state index in [-0.39, 0.29) is 17.5 Å². The summed E-state index contributed by atoms with van der Waals surface area (Å²) in [5.74, 6) is -0.726. The number of hydrogen-bond acceptors (Lipinski definition) is 3. The number of hydrogen-bond donors (Lipinski definition) is 1. The molecule has 0 saturated carbocycles. The fraction of sp³-hybridized carbons (Fsp3) is 0.458. The van der Waals surface area contributed by atoms with Gasteiger partial charge >= 0.3 is 5.97 Å². The fourth-order valence-corrected chi connectivity index (χ4v) is 4.51. The topological polar surface area (TPSA) is 43.8 Å². The lowest BCUT2D eigenvalue weighted by molar-refractivity contribution is -0.150. The molecule has 150 valence electrons. The summed E-state index contributed by atoms with van der Waals surface area (Å²) in [5.41, 5.74) is 2.25. The molecule has 2 atom stereocenters. The van der Waals surface area contributed by atoms with Gasteiger partial charge in [-0.2, -0.15) is 0 Å². The van der Waals surface area contributed by atoms with Gasteiger partial charge in [-0.1, -0.05) is 81.4 Å². The van der Waals surface area contributed by atoms with Gasteiger partial charge in [0, 0.05) is 25.7 Å². The molecule has 0 aromatic heterocycles.